The van der Waals surface area contributed by atoms with Crippen LogP contribution in [0, 0.1) is 0 Å². The standard InChI is InChI=1S/C36H72NO6P/c1-3-5-7-9-11-13-15-16-17-18-19-20-22-23-25-27-29-31-35(38)34(33-43-44(40,41)42)37-36(39)32-30-28-26-24-21-14-12-10-8-6-4-2/h29,31,34-35,38H,3-28,30,32-33H2,1-2H3,(H,37,39)(H2,40,41,42)/b31-29+/t34-,35+/m0/s1. The van der Waals surface area contributed by atoms with Crippen LogP contribution in [0.1, 0.15) is 194 Å². The van der Waals surface area contributed by atoms with Crippen molar-refractivity contribution in [1.29, 1.82) is 0 Å². The van der Waals surface area contributed by atoms with Crippen molar-refractivity contribution in [2.75, 3.05) is 6.61 Å². The molecule has 0 fully saturated rings. The van der Waals surface area contributed by atoms with E-state index in [1.54, 1.807) is 6.08 Å². The second-order valence-electron chi connectivity index (χ2n) is 12.9. The summed E-state index contributed by atoms with van der Waals surface area (Å²) in [5.74, 6) is -0.227. The van der Waals surface area contributed by atoms with E-state index in [1.165, 1.54) is 135 Å². The summed E-state index contributed by atoms with van der Waals surface area (Å²) in [6.07, 6.45) is 36.6. The van der Waals surface area contributed by atoms with E-state index in [-0.39, 0.29) is 5.91 Å². The van der Waals surface area contributed by atoms with E-state index in [1.807, 2.05) is 6.08 Å². The molecule has 0 rings (SSSR count). The second-order valence-corrected chi connectivity index (χ2v) is 14.1. The van der Waals surface area contributed by atoms with Crippen LogP contribution in [-0.2, 0) is 13.9 Å². The van der Waals surface area contributed by atoms with E-state index in [0.29, 0.717) is 6.42 Å². The average Bonchev–Trinajstić information content (AvgIpc) is 2.99. The van der Waals surface area contributed by atoms with Crippen LogP contribution < -0.4 is 5.32 Å². The van der Waals surface area contributed by atoms with Crippen molar-refractivity contribution in [2.45, 2.75) is 206 Å². The predicted molar refractivity (Wildman–Crippen MR) is 186 cm³/mol. The summed E-state index contributed by atoms with van der Waals surface area (Å²) in [5.41, 5.74) is 0. The van der Waals surface area contributed by atoms with Crippen LogP contribution in [0.15, 0.2) is 12.2 Å². The number of aliphatic hydroxyl groups is 1. The van der Waals surface area contributed by atoms with Gasteiger partial charge >= 0.3 is 7.82 Å². The van der Waals surface area contributed by atoms with Gasteiger partial charge in [0.1, 0.15) is 0 Å². The first-order valence-corrected chi connectivity index (χ1v) is 20.2. The van der Waals surface area contributed by atoms with Crippen molar-refractivity contribution in [3.8, 4) is 0 Å². The highest BCUT2D eigenvalue weighted by atomic mass is 31.2. The van der Waals surface area contributed by atoms with Crippen molar-refractivity contribution < 1.29 is 28.8 Å². The van der Waals surface area contributed by atoms with Gasteiger partial charge in [0.2, 0.25) is 5.91 Å². The molecule has 0 aliphatic heterocycles. The Hall–Kier alpha value is -0.720. The first-order valence-electron chi connectivity index (χ1n) is 18.6. The predicted octanol–water partition coefficient (Wildman–Crippen LogP) is 10.5. The minimum Gasteiger partial charge on any atom is -0.387 e. The lowest BCUT2D eigenvalue weighted by molar-refractivity contribution is -0.123. The fourth-order valence-corrected chi connectivity index (χ4v) is 5.99. The Balaban J connectivity index is 4.01. The number of carbonyl (C=O) groups excluding carboxylic acids is 1. The maximum Gasteiger partial charge on any atom is 0.469 e. The van der Waals surface area contributed by atoms with Crippen LogP contribution in [0.2, 0.25) is 0 Å². The van der Waals surface area contributed by atoms with Crippen molar-refractivity contribution in [3.63, 3.8) is 0 Å². The average molecular weight is 646 g/mol. The molecule has 0 aromatic heterocycles. The minimum absolute atomic E-state index is 0.227. The van der Waals surface area contributed by atoms with Gasteiger partial charge in [-0.2, -0.15) is 0 Å². The molecule has 0 radical (unpaired) electrons. The number of aliphatic hydroxyl groups excluding tert-OH is 1. The van der Waals surface area contributed by atoms with E-state index >= 15 is 0 Å². The van der Waals surface area contributed by atoms with E-state index in [4.69, 9.17) is 9.79 Å². The molecule has 8 heteroatoms. The zero-order chi connectivity index (χ0) is 32.6. The first kappa shape index (κ1) is 43.3. The van der Waals surface area contributed by atoms with Gasteiger partial charge in [0.25, 0.3) is 0 Å². The Morgan fingerprint density at radius 2 is 1.00 bits per heavy atom. The summed E-state index contributed by atoms with van der Waals surface area (Å²) in [4.78, 5) is 30.7. The molecular weight excluding hydrogens is 573 g/mol. The fraction of sp³-hybridized carbons (Fsp3) is 0.917. The maximum atomic E-state index is 12.5. The summed E-state index contributed by atoms with van der Waals surface area (Å²) >= 11 is 0. The Bertz CT molecular complexity index is 698. The van der Waals surface area contributed by atoms with Crippen LogP contribution in [0.25, 0.3) is 0 Å². The van der Waals surface area contributed by atoms with Crippen LogP contribution in [0.3, 0.4) is 0 Å². The number of amides is 1. The third-order valence-corrected chi connectivity index (χ3v) is 8.98. The van der Waals surface area contributed by atoms with Crippen molar-refractivity contribution in [3.05, 3.63) is 12.2 Å². The summed E-state index contributed by atoms with van der Waals surface area (Å²) in [6, 6.07) is -0.903. The number of unbranched alkanes of at least 4 members (excludes halogenated alkanes) is 25. The van der Waals surface area contributed by atoms with E-state index in [0.717, 1.165) is 38.5 Å². The third-order valence-electron chi connectivity index (χ3n) is 8.50. The largest absolute Gasteiger partial charge is 0.469 e. The molecule has 0 aromatic carbocycles. The Labute approximate surface area is 272 Å². The first-order chi connectivity index (χ1) is 21.3. The molecular formula is C36H72NO6P. The molecule has 0 aliphatic rings. The summed E-state index contributed by atoms with van der Waals surface area (Å²) < 4.78 is 15.8. The highest BCUT2D eigenvalue weighted by Gasteiger charge is 2.24. The number of allylic oxidation sites excluding steroid dienone is 1. The second kappa shape index (κ2) is 32.2. The number of rotatable bonds is 34. The summed E-state index contributed by atoms with van der Waals surface area (Å²) in [6.45, 7) is 4.05. The number of nitrogens with one attached hydrogen (secondary N) is 1. The van der Waals surface area contributed by atoms with E-state index in [2.05, 4.69) is 23.7 Å². The molecule has 0 saturated heterocycles. The molecule has 0 aliphatic carbocycles. The topological polar surface area (TPSA) is 116 Å². The lowest BCUT2D eigenvalue weighted by Crippen LogP contribution is -2.45. The highest BCUT2D eigenvalue weighted by molar-refractivity contribution is 7.46. The van der Waals surface area contributed by atoms with Crippen LogP contribution >= 0.6 is 7.82 Å². The Kier molecular flexibility index (Phi) is 31.7. The number of hydrogen-bond acceptors (Lipinski definition) is 4. The summed E-state index contributed by atoms with van der Waals surface area (Å²) in [5, 5.41) is 13.3. The molecule has 0 aromatic rings. The van der Waals surface area contributed by atoms with Crippen LogP contribution in [0.4, 0.5) is 0 Å². The zero-order valence-corrected chi connectivity index (χ0v) is 29.7. The van der Waals surface area contributed by atoms with Crippen LogP contribution in [-0.4, -0.2) is 39.6 Å². The number of phosphoric acid groups is 1. The molecule has 1 amide bonds. The van der Waals surface area contributed by atoms with Gasteiger partial charge in [-0.1, -0.05) is 180 Å². The maximum absolute atomic E-state index is 12.5. The SMILES string of the molecule is CCCCCCCCCCCCCCCCC/C=C/[C@@H](O)[C@H](COP(=O)(O)O)NC(=O)CCCCCCCCCCCCC. The zero-order valence-electron chi connectivity index (χ0n) is 28.8. The molecule has 0 bridgehead atoms. The normalized spacial score (nSPS) is 13.5. The van der Waals surface area contributed by atoms with E-state index < -0.39 is 26.6 Å². The molecule has 4 N–H and O–H groups in total. The molecule has 0 unspecified atom stereocenters. The molecule has 0 spiro atoms. The third kappa shape index (κ3) is 32.7. The van der Waals surface area contributed by atoms with Gasteiger partial charge in [-0.15, -0.1) is 0 Å². The van der Waals surface area contributed by atoms with Gasteiger partial charge in [-0.25, -0.2) is 4.57 Å². The summed E-state index contributed by atoms with van der Waals surface area (Å²) in [7, 11) is -4.70. The van der Waals surface area contributed by atoms with Gasteiger partial charge < -0.3 is 20.2 Å². The Morgan fingerprint density at radius 1 is 0.636 bits per heavy atom. The lowest BCUT2D eigenvalue weighted by Gasteiger charge is -2.22. The molecule has 7 nitrogen and oxygen atoms in total. The van der Waals surface area contributed by atoms with Gasteiger partial charge in [0.05, 0.1) is 18.8 Å². The van der Waals surface area contributed by atoms with Crippen molar-refractivity contribution >= 4 is 13.7 Å². The molecule has 262 valence electrons. The van der Waals surface area contributed by atoms with Gasteiger partial charge in [0.15, 0.2) is 0 Å². The van der Waals surface area contributed by atoms with Crippen molar-refractivity contribution in [1.82, 2.24) is 5.32 Å². The Morgan fingerprint density at radius 3 is 1.39 bits per heavy atom. The quantitative estimate of drug-likeness (QED) is 0.0314. The van der Waals surface area contributed by atoms with E-state index in [9.17, 15) is 14.5 Å². The number of phosphoric ester groups is 1. The number of hydrogen-bond donors (Lipinski definition) is 4. The number of carbonyl (C=O) groups is 1. The van der Waals surface area contributed by atoms with Gasteiger partial charge in [0, 0.05) is 6.42 Å². The fourth-order valence-electron chi connectivity index (χ4n) is 5.64. The molecule has 44 heavy (non-hydrogen) atoms. The van der Waals surface area contributed by atoms with Gasteiger partial charge in [-0.05, 0) is 19.3 Å². The molecule has 2 atom stereocenters. The van der Waals surface area contributed by atoms with Crippen molar-refractivity contribution in [2.24, 2.45) is 0 Å². The molecule has 0 saturated carbocycles. The molecule has 0 heterocycles. The lowest BCUT2D eigenvalue weighted by atomic mass is 10.0. The monoisotopic (exact) mass is 646 g/mol. The highest BCUT2D eigenvalue weighted by Crippen LogP contribution is 2.35. The van der Waals surface area contributed by atoms with Gasteiger partial charge in [-0.3, -0.25) is 9.32 Å². The minimum atomic E-state index is -4.70. The smallest absolute Gasteiger partial charge is 0.387 e. The van der Waals surface area contributed by atoms with Crippen LogP contribution in [0.5, 0.6) is 0 Å².